The first kappa shape index (κ1) is 21.5. The first-order chi connectivity index (χ1) is 17.0. The van der Waals surface area contributed by atoms with Crippen LogP contribution in [0.4, 0.5) is 4.39 Å². The maximum atomic E-state index is 13.8. The number of methoxy groups -OCH3 is 1. The van der Waals surface area contributed by atoms with E-state index >= 15 is 0 Å². The lowest BCUT2D eigenvalue weighted by Crippen LogP contribution is -2.84. The van der Waals surface area contributed by atoms with Crippen LogP contribution in [0.3, 0.4) is 0 Å². The van der Waals surface area contributed by atoms with Crippen molar-refractivity contribution in [2.75, 3.05) is 26.9 Å². The zero-order chi connectivity index (χ0) is 23.9. The summed E-state index contributed by atoms with van der Waals surface area (Å²) in [6.07, 6.45) is 2.55. The largest absolute Gasteiger partial charge is 0.466 e. The molecule has 1 N–H and O–H groups in total. The SMILES string of the molecule is COC(=O)C1=C(CN2C3COCC34C2CC42N=N2)NC(c2nccs2)=NC1c1ccc(F)cc1Cl. The number of ether oxygens (including phenoxy) is 2. The number of carbonyl (C=O) groups excluding carboxylic acids is 1. The van der Waals surface area contributed by atoms with Gasteiger partial charge in [-0.2, -0.15) is 10.2 Å². The molecule has 4 aliphatic heterocycles. The fourth-order valence-corrected chi connectivity index (χ4v) is 7.06. The molecule has 0 bridgehead atoms. The second kappa shape index (κ2) is 7.39. The van der Waals surface area contributed by atoms with Crippen LogP contribution in [0.1, 0.15) is 23.0 Å². The Bertz CT molecular complexity index is 1340. The topological polar surface area (TPSA) is 101 Å². The number of hydrogen-bond donors (Lipinski definition) is 1. The van der Waals surface area contributed by atoms with Gasteiger partial charge < -0.3 is 14.8 Å². The van der Waals surface area contributed by atoms with Gasteiger partial charge in [0.15, 0.2) is 10.8 Å². The number of benzene rings is 1. The van der Waals surface area contributed by atoms with Gasteiger partial charge in [-0.1, -0.05) is 17.7 Å². The van der Waals surface area contributed by atoms with E-state index in [0.29, 0.717) is 47.4 Å². The molecule has 180 valence electrons. The zero-order valence-electron chi connectivity index (χ0n) is 18.6. The van der Waals surface area contributed by atoms with E-state index in [0.717, 1.165) is 6.42 Å². The van der Waals surface area contributed by atoms with Gasteiger partial charge in [-0.15, -0.1) is 11.3 Å². The number of nitrogens with one attached hydrogen (secondary N) is 1. The molecule has 0 amide bonds. The van der Waals surface area contributed by atoms with Gasteiger partial charge in [-0.3, -0.25) is 9.89 Å². The molecule has 5 heterocycles. The molecule has 7 rings (SSSR count). The van der Waals surface area contributed by atoms with Crippen molar-refractivity contribution in [3.63, 3.8) is 0 Å². The van der Waals surface area contributed by atoms with Crippen LogP contribution in [0, 0.1) is 11.2 Å². The van der Waals surface area contributed by atoms with E-state index in [-0.39, 0.29) is 28.2 Å². The molecule has 1 saturated carbocycles. The van der Waals surface area contributed by atoms with Crippen molar-refractivity contribution in [2.24, 2.45) is 20.6 Å². The summed E-state index contributed by atoms with van der Waals surface area (Å²) in [5.41, 5.74) is 1.19. The number of aliphatic imine (C=N–C) groups is 1. The van der Waals surface area contributed by atoms with Crippen molar-refractivity contribution in [1.82, 2.24) is 15.2 Å². The summed E-state index contributed by atoms with van der Waals surface area (Å²) in [6, 6.07) is 3.75. The van der Waals surface area contributed by atoms with E-state index in [1.54, 1.807) is 12.3 Å². The van der Waals surface area contributed by atoms with Crippen molar-refractivity contribution < 1.29 is 18.7 Å². The monoisotopic (exact) mass is 514 g/mol. The molecule has 0 radical (unpaired) electrons. The van der Waals surface area contributed by atoms with Crippen LogP contribution in [0.5, 0.6) is 0 Å². The van der Waals surface area contributed by atoms with Crippen molar-refractivity contribution >= 4 is 34.7 Å². The minimum absolute atomic E-state index is 0.0560. The van der Waals surface area contributed by atoms with Gasteiger partial charge in [-0.25, -0.2) is 14.2 Å². The normalized spacial score (nSPS) is 31.7. The van der Waals surface area contributed by atoms with Gasteiger partial charge in [0, 0.05) is 52.9 Å². The Morgan fingerprint density at radius 1 is 1.40 bits per heavy atom. The van der Waals surface area contributed by atoms with Crippen molar-refractivity contribution in [1.29, 1.82) is 0 Å². The summed E-state index contributed by atoms with van der Waals surface area (Å²) in [4.78, 5) is 24.7. The Morgan fingerprint density at radius 2 is 2.26 bits per heavy atom. The molecule has 2 spiro atoms. The number of nitrogens with zero attached hydrogens (tertiary/aromatic N) is 5. The number of esters is 1. The summed E-state index contributed by atoms with van der Waals surface area (Å²) in [7, 11) is 1.33. The van der Waals surface area contributed by atoms with Crippen LogP contribution in [0.15, 0.2) is 56.3 Å². The quantitative estimate of drug-likeness (QED) is 0.615. The molecule has 4 unspecified atom stereocenters. The number of thiazole rings is 1. The van der Waals surface area contributed by atoms with E-state index in [4.69, 9.17) is 26.1 Å². The molecule has 1 aromatic carbocycles. The maximum absolute atomic E-state index is 13.8. The van der Waals surface area contributed by atoms with Gasteiger partial charge in [-0.05, 0) is 12.1 Å². The van der Waals surface area contributed by atoms with E-state index in [1.807, 2.05) is 5.38 Å². The van der Waals surface area contributed by atoms with Gasteiger partial charge in [0.1, 0.15) is 11.9 Å². The number of rotatable bonds is 5. The number of piperidine rings is 1. The molecular weight excluding hydrogens is 495 g/mol. The second-order valence-electron chi connectivity index (χ2n) is 9.37. The molecule has 2 aromatic rings. The number of likely N-dealkylation sites (tertiary alicyclic amines) is 1. The van der Waals surface area contributed by atoms with Crippen LogP contribution < -0.4 is 5.32 Å². The van der Waals surface area contributed by atoms with Crippen LogP contribution >= 0.6 is 22.9 Å². The van der Waals surface area contributed by atoms with Crippen LogP contribution in [-0.2, 0) is 14.3 Å². The second-order valence-corrected chi connectivity index (χ2v) is 10.7. The van der Waals surface area contributed by atoms with E-state index in [9.17, 15) is 9.18 Å². The summed E-state index contributed by atoms with van der Waals surface area (Å²) in [5.74, 6) is -0.458. The fourth-order valence-electron chi connectivity index (χ4n) is 6.20. The lowest BCUT2D eigenvalue weighted by Gasteiger charge is -2.69. The van der Waals surface area contributed by atoms with E-state index in [1.165, 1.54) is 30.6 Å². The summed E-state index contributed by atoms with van der Waals surface area (Å²) >= 11 is 7.87. The molecule has 9 nitrogen and oxygen atoms in total. The van der Waals surface area contributed by atoms with Crippen molar-refractivity contribution in [2.45, 2.75) is 30.2 Å². The summed E-state index contributed by atoms with van der Waals surface area (Å²) < 4.78 is 24.9. The van der Waals surface area contributed by atoms with Crippen LogP contribution in [0.25, 0.3) is 0 Å². The van der Waals surface area contributed by atoms with Crippen molar-refractivity contribution in [3.8, 4) is 0 Å². The van der Waals surface area contributed by atoms with E-state index < -0.39 is 17.8 Å². The highest BCUT2D eigenvalue weighted by Crippen LogP contribution is 2.72. The number of carbonyl (C=O) groups is 1. The predicted molar refractivity (Wildman–Crippen MR) is 125 cm³/mol. The number of amidine groups is 1. The number of halogens is 2. The zero-order valence-corrected chi connectivity index (χ0v) is 20.1. The third kappa shape index (κ3) is 2.83. The third-order valence-corrected chi connectivity index (χ3v) is 9.04. The fraction of sp³-hybridized carbons (Fsp3) is 0.435. The van der Waals surface area contributed by atoms with Crippen molar-refractivity contribution in [3.05, 3.63) is 62.5 Å². The minimum atomic E-state index is -0.780. The average molecular weight is 515 g/mol. The molecular formula is C23H20ClFN6O3S. The standard InChI is InChI=1S/C23H20ClFN6O3S/c1-33-21(32)17-14(8-31-15-7-23(29-30-23)22(15)10-34-9-16(22)31)27-19(20-26-4-5-35-20)28-18(17)12-3-2-11(25)6-13(12)24/h2-6,15-16,18H,7-10H2,1H3,(H,27,28). The lowest BCUT2D eigenvalue weighted by molar-refractivity contribution is -0.206. The Hall–Kier alpha value is -2.73. The molecule has 1 aromatic heterocycles. The highest BCUT2D eigenvalue weighted by atomic mass is 35.5. The highest BCUT2D eigenvalue weighted by Gasteiger charge is 2.84. The number of hydrogen-bond acceptors (Lipinski definition) is 10. The Balaban J connectivity index is 1.30. The van der Waals surface area contributed by atoms with Gasteiger partial charge in [0.2, 0.25) is 5.66 Å². The molecule has 5 aliphatic rings. The summed E-state index contributed by atoms with van der Waals surface area (Å²) in [6.45, 7) is 1.72. The minimum Gasteiger partial charge on any atom is -0.466 e. The van der Waals surface area contributed by atoms with Crippen LogP contribution in [-0.4, -0.2) is 66.3 Å². The van der Waals surface area contributed by atoms with Gasteiger partial charge >= 0.3 is 5.97 Å². The first-order valence-electron chi connectivity index (χ1n) is 11.3. The molecule has 35 heavy (non-hydrogen) atoms. The van der Waals surface area contributed by atoms with E-state index in [2.05, 4.69) is 25.4 Å². The smallest absolute Gasteiger partial charge is 0.338 e. The average Bonchev–Trinajstić information content (AvgIpc) is 3.28. The van der Waals surface area contributed by atoms with Gasteiger partial charge in [0.25, 0.3) is 0 Å². The summed E-state index contributed by atoms with van der Waals surface area (Å²) in [5, 5.41) is 14.8. The molecule has 12 heteroatoms. The lowest BCUT2D eigenvalue weighted by atomic mass is 9.48. The molecule has 4 atom stereocenters. The Kier molecular flexibility index (Phi) is 4.55. The third-order valence-electron chi connectivity index (χ3n) is 7.94. The molecule has 2 saturated heterocycles. The number of aromatic nitrogens is 1. The molecule has 3 fully saturated rings. The molecule has 1 aliphatic carbocycles. The Labute approximate surface area is 208 Å². The highest BCUT2D eigenvalue weighted by molar-refractivity contribution is 7.11. The van der Waals surface area contributed by atoms with Crippen LogP contribution in [0.2, 0.25) is 5.02 Å². The Morgan fingerprint density at radius 3 is 2.97 bits per heavy atom. The first-order valence-corrected chi connectivity index (χ1v) is 12.5. The maximum Gasteiger partial charge on any atom is 0.338 e. The predicted octanol–water partition coefficient (Wildman–Crippen LogP) is 3.09. The van der Waals surface area contributed by atoms with Gasteiger partial charge in [0.05, 0.1) is 31.3 Å².